The summed E-state index contributed by atoms with van der Waals surface area (Å²) < 4.78 is 13.2. The minimum Gasteiger partial charge on any atom is -0.296 e. The number of carbonyl (C=O) groups excluding carboxylic acids is 1. The number of nitrogens with zero attached hydrogens (tertiary/aromatic N) is 2. The minimum atomic E-state index is -0.557. The third kappa shape index (κ3) is 1.48. The summed E-state index contributed by atoms with van der Waals surface area (Å²) >= 11 is 5.71. The number of aldehydes is 1. The summed E-state index contributed by atoms with van der Waals surface area (Å²) in [7, 11) is 0. The summed E-state index contributed by atoms with van der Waals surface area (Å²) in [5, 5.41) is 4.19. The van der Waals surface area contributed by atoms with E-state index in [0.29, 0.717) is 17.0 Å². The molecule has 0 amide bonds. The van der Waals surface area contributed by atoms with Crippen molar-refractivity contribution in [2.75, 3.05) is 6.67 Å². The first-order chi connectivity index (χ1) is 5.70. The Morgan fingerprint density at radius 1 is 1.75 bits per heavy atom. The molecule has 5 heteroatoms. The molecule has 0 fully saturated rings. The van der Waals surface area contributed by atoms with Gasteiger partial charge in [-0.05, 0) is 6.92 Å². The highest BCUT2D eigenvalue weighted by Gasteiger charge is 2.11. The average molecular weight is 191 g/mol. The largest absolute Gasteiger partial charge is 0.296 e. The molecule has 0 aliphatic heterocycles. The van der Waals surface area contributed by atoms with Gasteiger partial charge in [0.05, 0.1) is 17.3 Å². The molecule has 3 nitrogen and oxygen atoms in total. The molecule has 0 unspecified atom stereocenters. The minimum absolute atomic E-state index is 0.0711. The van der Waals surface area contributed by atoms with Crippen LogP contribution in [0, 0.1) is 6.92 Å². The van der Waals surface area contributed by atoms with E-state index in [4.69, 9.17) is 11.6 Å². The van der Waals surface area contributed by atoms with Gasteiger partial charge in [0.15, 0.2) is 6.29 Å². The summed E-state index contributed by atoms with van der Waals surface area (Å²) in [5.74, 6) is 0. The Labute approximate surface area is 74.1 Å². The van der Waals surface area contributed by atoms with E-state index in [1.165, 1.54) is 4.68 Å². The van der Waals surface area contributed by atoms with Crippen LogP contribution in [0.15, 0.2) is 0 Å². The number of aryl methyl sites for hydroxylation is 2. The molecule has 1 rings (SSSR count). The highest BCUT2D eigenvalue weighted by molar-refractivity contribution is 6.33. The Morgan fingerprint density at radius 2 is 2.42 bits per heavy atom. The number of rotatable bonds is 3. The first-order valence-corrected chi connectivity index (χ1v) is 3.82. The van der Waals surface area contributed by atoms with Crippen LogP contribution in [0.5, 0.6) is 0 Å². The predicted molar refractivity (Wildman–Crippen MR) is 43.3 cm³/mol. The number of aromatic nitrogens is 2. The molecule has 0 aliphatic rings. The topological polar surface area (TPSA) is 34.9 Å². The van der Waals surface area contributed by atoms with Crippen molar-refractivity contribution in [3.05, 3.63) is 16.4 Å². The van der Waals surface area contributed by atoms with Crippen LogP contribution in [0.2, 0.25) is 5.02 Å². The number of halogens is 2. The highest BCUT2D eigenvalue weighted by atomic mass is 35.5. The fraction of sp³-hybridized carbons (Fsp3) is 0.429. The quantitative estimate of drug-likeness (QED) is 0.679. The lowest BCUT2D eigenvalue weighted by Gasteiger charge is -1.97. The lowest BCUT2D eigenvalue weighted by molar-refractivity contribution is 0.111. The van der Waals surface area contributed by atoms with Crippen molar-refractivity contribution < 1.29 is 9.18 Å². The molecule has 0 radical (unpaired) electrons. The predicted octanol–water partition coefficient (Wildman–Crippen LogP) is 1.63. The Balaban J connectivity index is 3.10. The zero-order valence-electron chi connectivity index (χ0n) is 6.55. The summed E-state index contributed by atoms with van der Waals surface area (Å²) in [6.07, 6.45) is 0.581. The van der Waals surface area contributed by atoms with E-state index in [0.717, 1.165) is 0 Å². The van der Waals surface area contributed by atoms with Gasteiger partial charge in [-0.3, -0.25) is 9.48 Å². The van der Waals surface area contributed by atoms with E-state index in [1.807, 2.05) is 0 Å². The second kappa shape index (κ2) is 3.67. The van der Waals surface area contributed by atoms with Crippen molar-refractivity contribution in [1.29, 1.82) is 0 Å². The number of hydrogen-bond acceptors (Lipinski definition) is 2. The highest BCUT2D eigenvalue weighted by Crippen LogP contribution is 2.17. The Bertz CT molecular complexity index is 298. The van der Waals surface area contributed by atoms with Crippen LogP contribution in [-0.2, 0) is 6.54 Å². The van der Waals surface area contributed by atoms with Gasteiger partial charge in [-0.1, -0.05) is 11.6 Å². The van der Waals surface area contributed by atoms with Gasteiger partial charge < -0.3 is 0 Å². The molecule has 1 aromatic heterocycles. The van der Waals surface area contributed by atoms with Crippen molar-refractivity contribution in [1.82, 2.24) is 9.78 Å². The van der Waals surface area contributed by atoms with E-state index in [9.17, 15) is 9.18 Å². The standard InChI is InChI=1S/C7H8ClFN2O/c1-5-7(8)6(4-12)11(10-5)3-2-9/h4H,2-3H2,1H3. The summed E-state index contributed by atoms with van der Waals surface area (Å²) in [5.41, 5.74) is 0.791. The van der Waals surface area contributed by atoms with Crippen molar-refractivity contribution in [3.63, 3.8) is 0 Å². The lowest BCUT2D eigenvalue weighted by atomic mass is 10.4. The molecular weight excluding hydrogens is 183 g/mol. The Kier molecular flexibility index (Phi) is 2.81. The zero-order chi connectivity index (χ0) is 9.14. The zero-order valence-corrected chi connectivity index (χ0v) is 7.31. The Hall–Kier alpha value is -0.900. The molecule has 0 spiro atoms. The van der Waals surface area contributed by atoms with Gasteiger partial charge in [-0.25, -0.2) is 4.39 Å². The fourth-order valence-electron chi connectivity index (χ4n) is 0.941. The molecule has 0 bridgehead atoms. The number of carbonyl (C=O) groups is 1. The van der Waals surface area contributed by atoms with E-state index < -0.39 is 6.67 Å². The maximum Gasteiger partial charge on any atom is 0.169 e. The maximum absolute atomic E-state index is 11.9. The fourth-order valence-corrected chi connectivity index (χ4v) is 1.12. The van der Waals surface area contributed by atoms with Crippen molar-refractivity contribution in [3.8, 4) is 0 Å². The van der Waals surface area contributed by atoms with Crippen LogP contribution in [-0.4, -0.2) is 22.7 Å². The molecule has 0 aromatic carbocycles. The monoisotopic (exact) mass is 190 g/mol. The Morgan fingerprint density at radius 3 is 2.92 bits per heavy atom. The second-order valence-electron chi connectivity index (χ2n) is 2.31. The van der Waals surface area contributed by atoms with Gasteiger partial charge in [0.1, 0.15) is 12.4 Å². The van der Waals surface area contributed by atoms with Gasteiger partial charge in [0, 0.05) is 0 Å². The normalized spacial score (nSPS) is 10.2. The van der Waals surface area contributed by atoms with Crippen molar-refractivity contribution in [2.45, 2.75) is 13.5 Å². The van der Waals surface area contributed by atoms with Crippen LogP contribution in [0.1, 0.15) is 16.2 Å². The SMILES string of the molecule is Cc1nn(CCF)c(C=O)c1Cl. The molecule has 66 valence electrons. The smallest absolute Gasteiger partial charge is 0.169 e. The van der Waals surface area contributed by atoms with Crippen LogP contribution in [0.4, 0.5) is 4.39 Å². The van der Waals surface area contributed by atoms with Crippen LogP contribution in [0.25, 0.3) is 0 Å². The summed E-state index contributed by atoms with van der Waals surface area (Å²) in [4.78, 5) is 10.5. The van der Waals surface area contributed by atoms with Gasteiger partial charge in [-0.2, -0.15) is 5.10 Å². The first-order valence-electron chi connectivity index (χ1n) is 3.44. The lowest BCUT2D eigenvalue weighted by Crippen LogP contribution is -2.05. The third-order valence-electron chi connectivity index (χ3n) is 1.50. The van der Waals surface area contributed by atoms with E-state index in [2.05, 4.69) is 5.10 Å². The van der Waals surface area contributed by atoms with Gasteiger partial charge >= 0.3 is 0 Å². The molecule has 0 aliphatic carbocycles. The van der Waals surface area contributed by atoms with Crippen LogP contribution >= 0.6 is 11.6 Å². The molecular formula is C7H8ClFN2O. The van der Waals surface area contributed by atoms with Gasteiger partial charge in [0.25, 0.3) is 0 Å². The molecule has 12 heavy (non-hydrogen) atoms. The van der Waals surface area contributed by atoms with E-state index in [-0.39, 0.29) is 12.2 Å². The summed E-state index contributed by atoms with van der Waals surface area (Å²) in [6, 6.07) is 0. The van der Waals surface area contributed by atoms with E-state index >= 15 is 0 Å². The molecule has 0 N–H and O–H groups in total. The van der Waals surface area contributed by atoms with Crippen LogP contribution in [0.3, 0.4) is 0 Å². The maximum atomic E-state index is 11.9. The first kappa shape index (κ1) is 9.19. The molecule has 0 atom stereocenters. The summed E-state index contributed by atoms with van der Waals surface area (Å²) in [6.45, 7) is 1.18. The van der Waals surface area contributed by atoms with Gasteiger partial charge in [-0.15, -0.1) is 0 Å². The van der Waals surface area contributed by atoms with Gasteiger partial charge in [0.2, 0.25) is 0 Å². The molecule has 1 heterocycles. The number of hydrogen-bond donors (Lipinski definition) is 0. The third-order valence-corrected chi connectivity index (χ3v) is 1.97. The molecule has 0 saturated heterocycles. The molecule has 0 saturated carbocycles. The van der Waals surface area contributed by atoms with Crippen molar-refractivity contribution >= 4 is 17.9 Å². The van der Waals surface area contributed by atoms with E-state index in [1.54, 1.807) is 6.92 Å². The van der Waals surface area contributed by atoms with Crippen molar-refractivity contribution in [2.24, 2.45) is 0 Å². The second-order valence-corrected chi connectivity index (χ2v) is 2.69. The average Bonchev–Trinajstić information content (AvgIpc) is 2.29. The molecule has 1 aromatic rings. The van der Waals surface area contributed by atoms with Crippen LogP contribution < -0.4 is 0 Å². The number of alkyl halides is 1.